The standard InChI is InChI=1S/C10H14O2.C3H4O2/c1-4-6-7-9(3)10(11)12-8-5-2;1-2-3(4)5/h4,6-7H,1,3,5,8H2,2H3;2H,1H2,(H,4,5). The number of hydrogen-bond acceptors (Lipinski definition) is 3. The van der Waals surface area contributed by atoms with E-state index < -0.39 is 5.97 Å². The summed E-state index contributed by atoms with van der Waals surface area (Å²) >= 11 is 0. The van der Waals surface area contributed by atoms with Crippen molar-refractivity contribution in [1.29, 1.82) is 0 Å². The third kappa shape index (κ3) is 13.9. The molecule has 0 radical (unpaired) electrons. The summed E-state index contributed by atoms with van der Waals surface area (Å²) in [4.78, 5) is 20.3. The summed E-state index contributed by atoms with van der Waals surface area (Å²) in [5.41, 5.74) is 0.350. The van der Waals surface area contributed by atoms with Crippen molar-refractivity contribution in [2.24, 2.45) is 0 Å². The van der Waals surface area contributed by atoms with Crippen LogP contribution in [0.15, 0.2) is 49.6 Å². The number of carboxylic acid groups (broad SMARTS) is 1. The van der Waals surface area contributed by atoms with Gasteiger partial charge in [0.05, 0.1) is 12.2 Å². The number of aliphatic carboxylic acids is 1. The normalized spacial score (nSPS) is 8.76. The lowest BCUT2D eigenvalue weighted by Crippen LogP contribution is -2.05. The van der Waals surface area contributed by atoms with Gasteiger partial charge < -0.3 is 9.84 Å². The Labute approximate surface area is 102 Å². The highest BCUT2D eigenvalue weighted by atomic mass is 16.5. The average molecular weight is 238 g/mol. The zero-order valence-electron chi connectivity index (χ0n) is 10.0. The van der Waals surface area contributed by atoms with Crippen molar-refractivity contribution >= 4 is 11.9 Å². The Morgan fingerprint density at radius 2 is 1.88 bits per heavy atom. The smallest absolute Gasteiger partial charge is 0.337 e. The van der Waals surface area contributed by atoms with Crippen LogP contribution in [0.5, 0.6) is 0 Å². The number of allylic oxidation sites excluding steroid dienone is 2. The van der Waals surface area contributed by atoms with Gasteiger partial charge in [-0.1, -0.05) is 38.8 Å². The summed E-state index contributed by atoms with van der Waals surface area (Å²) in [6.45, 7) is 12.4. The van der Waals surface area contributed by atoms with E-state index in [0.717, 1.165) is 12.5 Å². The van der Waals surface area contributed by atoms with Crippen LogP contribution in [0.3, 0.4) is 0 Å². The molecule has 1 N–H and O–H groups in total. The molecule has 0 bridgehead atoms. The SMILES string of the molecule is C=CC(=O)O.C=CC=CC(=C)C(=O)OCCC. The van der Waals surface area contributed by atoms with Crippen molar-refractivity contribution in [3.05, 3.63) is 49.6 Å². The minimum absolute atomic E-state index is 0.350. The van der Waals surface area contributed by atoms with Crippen LogP contribution in [0.2, 0.25) is 0 Å². The molecule has 0 atom stereocenters. The van der Waals surface area contributed by atoms with E-state index in [1.54, 1.807) is 18.2 Å². The first-order valence-corrected chi connectivity index (χ1v) is 5.00. The number of rotatable bonds is 6. The molecule has 0 heterocycles. The molecule has 0 aromatic heterocycles. The van der Waals surface area contributed by atoms with Crippen LogP contribution < -0.4 is 0 Å². The third-order valence-electron chi connectivity index (χ3n) is 1.31. The van der Waals surface area contributed by atoms with Crippen LogP contribution in [0.4, 0.5) is 0 Å². The van der Waals surface area contributed by atoms with Crippen LogP contribution >= 0.6 is 0 Å². The van der Waals surface area contributed by atoms with Crippen molar-refractivity contribution in [2.75, 3.05) is 6.61 Å². The molecule has 0 saturated carbocycles. The number of hydrogen-bond donors (Lipinski definition) is 1. The predicted octanol–water partition coefficient (Wildman–Crippen LogP) is 2.50. The van der Waals surface area contributed by atoms with Gasteiger partial charge >= 0.3 is 11.9 Å². The van der Waals surface area contributed by atoms with Gasteiger partial charge in [0.15, 0.2) is 0 Å². The van der Waals surface area contributed by atoms with Gasteiger partial charge in [0, 0.05) is 6.08 Å². The van der Waals surface area contributed by atoms with Gasteiger partial charge in [0.2, 0.25) is 0 Å². The minimum atomic E-state index is -0.981. The lowest BCUT2D eigenvalue weighted by Gasteiger charge is -2.00. The maximum atomic E-state index is 11.0. The first-order chi connectivity index (χ1) is 7.99. The highest BCUT2D eigenvalue weighted by Gasteiger charge is 2.02. The van der Waals surface area contributed by atoms with Crippen molar-refractivity contribution in [1.82, 2.24) is 0 Å². The van der Waals surface area contributed by atoms with E-state index in [2.05, 4.69) is 19.7 Å². The Bertz CT molecular complexity index is 313. The fourth-order valence-corrected chi connectivity index (χ4v) is 0.540. The van der Waals surface area contributed by atoms with Crippen molar-refractivity contribution in [3.8, 4) is 0 Å². The second kappa shape index (κ2) is 12.0. The monoisotopic (exact) mass is 238 g/mol. The molecule has 0 amide bonds. The molecule has 0 aliphatic carbocycles. The Balaban J connectivity index is 0. The summed E-state index contributed by atoms with van der Waals surface area (Å²) < 4.78 is 4.83. The second-order valence-electron chi connectivity index (χ2n) is 2.80. The zero-order chi connectivity index (χ0) is 13.7. The molecule has 17 heavy (non-hydrogen) atoms. The van der Waals surface area contributed by atoms with Crippen LogP contribution in [-0.4, -0.2) is 23.7 Å². The topological polar surface area (TPSA) is 63.6 Å². The predicted molar refractivity (Wildman–Crippen MR) is 67.6 cm³/mol. The maximum absolute atomic E-state index is 11.0. The minimum Gasteiger partial charge on any atom is -0.478 e. The molecule has 0 aromatic rings. The van der Waals surface area contributed by atoms with Gasteiger partial charge in [-0.15, -0.1) is 0 Å². The molecule has 0 unspecified atom stereocenters. The summed E-state index contributed by atoms with van der Waals surface area (Å²) in [6.07, 6.45) is 6.46. The quantitative estimate of drug-likeness (QED) is 0.438. The Morgan fingerprint density at radius 1 is 1.35 bits per heavy atom. The Hall–Kier alpha value is -2.10. The van der Waals surface area contributed by atoms with E-state index >= 15 is 0 Å². The van der Waals surface area contributed by atoms with Crippen LogP contribution in [0, 0.1) is 0 Å². The summed E-state index contributed by atoms with van der Waals surface area (Å²) in [7, 11) is 0. The van der Waals surface area contributed by atoms with Crippen LogP contribution in [0.1, 0.15) is 13.3 Å². The maximum Gasteiger partial charge on any atom is 0.337 e. The lowest BCUT2D eigenvalue weighted by molar-refractivity contribution is -0.138. The number of carbonyl (C=O) groups is 2. The lowest BCUT2D eigenvalue weighted by atomic mass is 10.3. The van der Waals surface area contributed by atoms with Crippen molar-refractivity contribution in [2.45, 2.75) is 13.3 Å². The average Bonchev–Trinajstić information content (AvgIpc) is 2.33. The van der Waals surface area contributed by atoms with Crippen molar-refractivity contribution < 1.29 is 19.4 Å². The molecule has 0 spiro atoms. The summed E-state index contributed by atoms with van der Waals surface area (Å²) in [6, 6.07) is 0. The van der Waals surface area contributed by atoms with Crippen molar-refractivity contribution in [3.63, 3.8) is 0 Å². The first kappa shape index (κ1) is 17.3. The zero-order valence-corrected chi connectivity index (χ0v) is 10.0. The molecule has 0 saturated heterocycles. The van der Waals surface area contributed by atoms with E-state index in [0.29, 0.717) is 12.2 Å². The van der Waals surface area contributed by atoms with E-state index in [-0.39, 0.29) is 5.97 Å². The summed E-state index contributed by atoms with van der Waals surface area (Å²) in [5.74, 6) is -1.35. The molecule has 0 aromatic carbocycles. The Morgan fingerprint density at radius 3 is 2.24 bits per heavy atom. The molecule has 0 aliphatic rings. The van der Waals surface area contributed by atoms with Gasteiger partial charge in [0.25, 0.3) is 0 Å². The van der Waals surface area contributed by atoms with Gasteiger partial charge in [0.1, 0.15) is 0 Å². The second-order valence-corrected chi connectivity index (χ2v) is 2.80. The summed E-state index contributed by atoms with van der Waals surface area (Å²) in [5, 5.41) is 7.60. The first-order valence-electron chi connectivity index (χ1n) is 5.00. The van der Waals surface area contributed by atoms with E-state index in [1.165, 1.54) is 0 Å². The van der Waals surface area contributed by atoms with Gasteiger partial charge in [-0.25, -0.2) is 9.59 Å². The number of carbonyl (C=O) groups excluding carboxylic acids is 1. The number of esters is 1. The van der Waals surface area contributed by atoms with Crippen LogP contribution in [-0.2, 0) is 14.3 Å². The third-order valence-corrected chi connectivity index (χ3v) is 1.31. The number of ether oxygens (including phenoxy) is 1. The molecular formula is C13H18O4. The molecular weight excluding hydrogens is 220 g/mol. The van der Waals surface area contributed by atoms with E-state index in [1.807, 2.05) is 6.92 Å². The molecule has 4 heteroatoms. The molecule has 4 nitrogen and oxygen atoms in total. The van der Waals surface area contributed by atoms with Gasteiger partial charge in [-0.05, 0) is 12.5 Å². The fraction of sp³-hybridized carbons (Fsp3) is 0.231. The van der Waals surface area contributed by atoms with E-state index in [4.69, 9.17) is 9.84 Å². The fourth-order valence-electron chi connectivity index (χ4n) is 0.540. The van der Waals surface area contributed by atoms with Crippen LogP contribution in [0.25, 0.3) is 0 Å². The molecule has 0 fully saturated rings. The Kier molecular flexibility index (Phi) is 12.2. The molecule has 0 aliphatic heterocycles. The molecule has 94 valence electrons. The van der Waals surface area contributed by atoms with Gasteiger partial charge in [-0.2, -0.15) is 0 Å². The highest BCUT2D eigenvalue weighted by Crippen LogP contribution is 1.97. The van der Waals surface area contributed by atoms with Gasteiger partial charge in [-0.3, -0.25) is 0 Å². The molecule has 0 rings (SSSR count). The largest absolute Gasteiger partial charge is 0.478 e. The highest BCUT2D eigenvalue weighted by molar-refractivity contribution is 5.90. The van der Waals surface area contributed by atoms with E-state index in [9.17, 15) is 9.59 Å². The number of carboxylic acids is 1.